The molecular weight excluding hydrogens is 506 g/mol. The van der Waals surface area contributed by atoms with Gasteiger partial charge in [0, 0.05) is 42.7 Å². The predicted molar refractivity (Wildman–Crippen MR) is 147 cm³/mol. The molecule has 0 saturated carbocycles. The maximum atomic E-state index is 13.3. The Labute approximate surface area is 224 Å². The number of rotatable bonds is 6. The zero-order valence-corrected chi connectivity index (χ0v) is 23.9. The van der Waals surface area contributed by atoms with Crippen LogP contribution in [-0.2, 0) is 21.3 Å². The number of anilines is 1. The molecule has 0 bridgehead atoms. The Morgan fingerprint density at radius 1 is 1.11 bits per heavy atom. The van der Waals surface area contributed by atoms with E-state index in [0.717, 1.165) is 16.5 Å². The number of furan rings is 1. The van der Waals surface area contributed by atoms with Crippen molar-refractivity contribution in [1.29, 1.82) is 0 Å². The first-order valence-electron chi connectivity index (χ1n) is 12.7. The molecule has 1 aromatic heterocycles. The third kappa shape index (κ3) is 6.07. The highest BCUT2D eigenvalue weighted by molar-refractivity contribution is 7.92. The van der Waals surface area contributed by atoms with Crippen LogP contribution in [0.1, 0.15) is 45.7 Å². The lowest BCUT2D eigenvalue weighted by molar-refractivity contribution is -0.0116. The number of nitrogens with zero attached hydrogens (tertiary/aromatic N) is 2. The van der Waals surface area contributed by atoms with Crippen molar-refractivity contribution in [3.63, 3.8) is 0 Å². The van der Waals surface area contributed by atoms with E-state index in [9.17, 15) is 13.2 Å². The third-order valence-corrected chi connectivity index (χ3v) is 8.01. The minimum absolute atomic E-state index is 0.0522. The Bertz CT molecular complexity index is 1430. The summed E-state index contributed by atoms with van der Waals surface area (Å²) in [5, 5.41) is 0.796. The van der Waals surface area contributed by atoms with E-state index < -0.39 is 15.6 Å². The van der Waals surface area contributed by atoms with Crippen LogP contribution in [0.2, 0.25) is 0 Å². The summed E-state index contributed by atoms with van der Waals surface area (Å²) in [7, 11) is -2.46. The zero-order valence-electron chi connectivity index (χ0n) is 23.1. The SMILES string of the molecule is COc1ccc(C)cc1S(=O)(=O)Nc1cc(CN2CC(C)N(C(=O)OC(C)(C)C)CC2C)c2occc2c1. The number of hydrogen-bond acceptors (Lipinski definition) is 7. The Hall–Kier alpha value is -3.24. The smallest absolute Gasteiger partial charge is 0.410 e. The average Bonchev–Trinajstić information content (AvgIpc) is 3.28. The molecular formula is C28H37N3O6S. The van der Waals surface area contributed by atoms with Crippen LogP contribution in [0.5, 0.6) is 5.75 Å². The van der Waals surface area contributed by atoms with Gasteiger partial charge < -0.3 is 18.8 Å². The summed E-state index contributed by atoms with van der Waals surface area (Å²) in [6, 6.07) is 10.4. The number of piperazine rings is 1. The Morgan fingerprint density at radius 2 is 1.84 bits per heavy atom. The molecule has 9 nitrogen and oxygen atoms in total. The van der Waals surface area contributed by atoms with Crippen molar-refractivity contribution in [2.45, 2.75) is 70.7 Å². The van der Waals surface area contributed by atoms with Gasteiger partial charge in [0.1, 0.15) is 21.8 Å². The second-order valence-electron chi connectivity index (χ2n) is 11.0. The molecule has 1 fully saturated rings. The van der Waals surface area contributed by atoms with Crippen LogP contribution >= 0.6 is 0 Å². The third-order valence-electron chi connectivity index (χ3n) is 6.61. The van der Waals surface area contributed by atoms with Crippen LogP contribution in [0.4, 0.5) is 10.5 Å². The summed E-state index contributed by atoms with van der Waals surface area (Å²) in [6.45, 7) is 13.2. The average molecular weight is 544 g/mol. The lowest BCUT2D eigenvalue weighted by atomic mass is 10.1. The molecule has 1 N–H and O–H groups in total. The molecule has 10 heteroatoms. The molecule has 0 aliphatic carbocycles. The Kier molecular flexibility index (Phi) is 7.67. The highest BCUT2D eigenvalue weighted by Crippen LogP contribution is 2.31. The summed E-state index contributed by atoms with van der Waals surface area (Å²) in [5.74, 6) is 0.276. The van der Waals surface area contributed by atoms with Crippen molar-refractivity contribution in [3.8, 4) is 5.75 Å². The number of aryl methyl sites for hydroxylation is 1. The molecule has 2 unspecified atom stereocenters. The first-order valence-corrected chi connectivity index (χ1v) is 14.2. The Morgan fingerprint density at radius 3 is 2.53 bits per heavy atom. The van der Waals surface area contributed by atoms with Crippen molar-refractivity contribution < 1.29 is 27.1 Å². The van der Waals surface area contributed by atoms with Gasteiger partial charge in [-0.1, -0.05) is 6.07 Å². The lowest BCUT2D eigenvalue weighted by Gasteiger charge is -2.44. The van der Waals surface area contributed by atoms with Gasteiger partial charge in [0.25, 0.3) is 10.0 Å². The summed E-state index contributed by atoms with van der Waals surface area (Å²) < 4.78 is 46.1. The zero-order chi connectivity index (χ0) is 27.8. The van der Waals surface area contributed by atoms with Gasteiger partial charge in [0.15, 0.2) is 0 Å². The fourth-order valence-corrected chi connectivity index (χ4v) is 6.04. The number of carbonyl (C=O) groups excluding carboxylic acids is 1. The van der Waals surface area contributed by atoms with Crippen molar-refractivity contribution in [2.75, 3.05) is 24.9 Å². The number of fused-ring (bicyclic) bond motifs is 1. The first-order chi connectivity index (χ1) is 17.8. The van der Waals surface area contributed by atoms with Gasteiger partial charge in [-0.3, -0.25) is 9.62 Å². The topological polar surface area (TPSA) is 101 Å². The molecule has 0 spiro atoms. The maximum Gasteiger partial charge on any atom is 0.410 e. The van der Waals surface area contributed by atoms with Crippen LogP contribution in [0.15, 0.2) is 52.0 Å². The number of amides is 1. The number of sulfonamides is 1. The van der Waals surface area contributed by atoms with Crippen molar-refractivity contribution >= 4 is 32.8 Å². The normalized spacial score (nSPS) is 19.0. The van der Waals surface area contributed by atoms with Crippen molar-refractivity contribution in [1.82, 2.24) is 9.80 Å². The molecule has 2 atom stereocenters. The largest absolute Gasteiger partial charge is 0.495 e. The number of carbonyl (C=O) groups is 1. The van der Waals surface area contributed by atoms with Gasteiger partial charge in [-0.25, -0.2) is 13.2 Å². The van der Waals surface area contributed by atoms with Crippen LogP contribution in [0.25, 0.3) is 11.0 Å². The molecule has 2 aromatic carbocycles. The monoisotopic (exact) mass is 543 g/mol. The quantitative estimate of drug-likeness (QED) is 0.445. The van der Waals surface area contributed by atoms with E-state index in [1.54, 1.807) is 35.4 Å². The summed E-state index contributed by atoms with van der Waals surface area (Å²) in [4.78, 5) is 16.9. The minimum Gasteiger partial charge on any atom is -0.495 e. The predicted octanol–water partition coefficient (Wildman–Crippen LogP) is 5.38. The molecule has 1 aliphatic rings. The van der Waals surface area contributed by atoms with Crippen LogP contribution in [-0.4, -0.2) is 62.2 Å². The van der Waals surface area contributed by atoms with Gasteiger partial charge >= 0.3 is 6.09 Å². The first kappa shape index (κ1) is 27.8. The van der Waals surface area contributed by atoms with E-state index in [4.69, 9.17) is 13.9 Å². The lowest BCUT2D eigenvalue weighted by Crippen LogP contribution is -2.58. The summed E-state index contributed by atoms with van der Waals surface area (Å²) >= 11 is 0. The molecule has 38 heavy (non-hydrogen) atoms. The van der Waals surface area contributed by atoms with Gasteiger partial charge in [0.2, 0.25) is 0 Å². The highest BCUT2D eigenvalue weighted by atomic mass is 32.2. The van der Waals surface area contributed by atoms with Crippen molar-refractivity contribution in [2.24, 2.45) is 0 Å². The fraction of sp³-hybridized carbons (Fsp3) is 0.464. The number of ether oxygens (including phenoxy) is 2. The minimum atomic E-state index is -3.91. The van der Waals surface area contributed by atoms with Crippen LogP contribution in [0, 0.1) is 6.92 Å². The molecule has 2 heterocycles. The van der Waals surface area contributed by atoms with E-state index in [-0.39, 0.29) is 28.8 Å². The second-order valence-corrected chi connectivity index (χ2v) is 12.6. The summed E-state index contributed by atoms with van der Waals surface area (Å²) in [5.41, 5.74) is 2.25. The highest BCUT2D eigenvalue weighted by Gasteiger charge is 2.34. The maximum absolute atomic E-state index is 13.3. The number of hydrogen-bond donors (Lipinski definition) is 1. The molecule has 4 rings (SSSR count). The van der Waals surface area contributed by atoms with Crippen LogP contribution < -0.4 is 9.46 Å². The van der Waals surface area contributed by atoms with Gasteiger partial charge in [-0.05, 0) is 77.4 Å². The molecule has 1 saturated heterocycles. The van der Waals surface area contributed by atoms with Gasteiger partial charge in [-0.15, -0.1) is 0 Å². The van der Waals surface area contributed by atoms with Gasteiger partial charge in [-0.2, -0.15) is 0 Å². The molecule has 1 amide bonds. The van der Waals surface area contributed by atoms with E-state index in [0.29, 0.717) is 30.9 Å². The molecule has 206 valence electrons. The van der Waals surface area contributed by atoms with E-state index >= 15 is 0 Å². The van der Waals surface area contributed by atoms with E-state index in [1.165, 1.54) is 7.11 Å². The Balaban J connectivity index is 1.58. The number of benzene rings is 2. The number of nitrogens with one attached hydrogen (secondary N) is 1. The van der Waals surface area contributed by atoms with Gasteiger partial charge in [0.05, 0.1) is 19.1 Å². The summed E-state index contributed by atoms with van der Waals surface area (Å²) in [6.07, 6.45) is 1.29. The molecule has 3 aromatic rings. The van der Waals surface area contributed by atoms with Crippen LogP contribution in [0.3, 0.4) is 0 Å². The fourth-order valence-electron chi connectivity index (χ4n) is 4.75. The van der Waals surface area contributed by atoms with E-state index in [2.05, 4.69) is 16.5 Å². The number of methoxy groups -OCH3 is 1. The molecule has 1 aliphatic heterocycles. The molecule has 0 radical (unpaired) electrons. The van der Waals surface area contributed by atoms with Crippen molar-refractivity contribution in [3.05, 3.63) is 53.8 Å². The second kappa shape index (κ2) is 10.5. The standard InChI is InChI=1S/C28H37N3O6S/c1-18-8-9-24(35-7)25(12-18)38(33,34)29-23-13-21-10-11-36-26(21)22(14-23)17-30-15-20(3)31(16-19(30)2)27(32)37-28(4,5)6/h8-14,19-20,29H,15-17H2,1-7H3. The van der Waals surface area contributed by atoms with E-state index in [1.807, 2.05) is 46.8 Å².